The van der Waals surface area contributed by atoms with E-state index < -0.39 is 22.0 Å². The van der Waals surface area contributed by atoms with Crippen LogP contribution >= 0.6 is 0 Å². The molecule has 1 aliphatic rings. The zero-order valence-electron chi connectivity index (χ0n) is 14.1. The molecule has 25 heavy (non-hydrogen) atoms. The number of sulfonamides is 1. The summed E-state index contributed by atoms with van der Waals surface area (Å²) in [5.41, 5.74) is 1.97. The van der Waals surface area contributed by atoms with Crippen LogP contribution in [0.3, 0.4) is 0 Å². The molecule has 0 radical (unpaired) electrons. The van der Waals surface area contributed by atoms with Crippen molar-refractivity contribution in [2.45, 2.75) is 30.2 Å². The molecule has 0 N–H and O–H groups in total. The minimum absolute atomic E-state index is 0.197. The molecule has 132 valence electrons. The quantitative estimate of drug-likeness (QED) is 0.787. The molecule has 1 aliphatic heterocycles. The maximum atomic E-state index is 13.0. The third kappa shape index (κ3) is 3.60. The summed E-state index contributed by atoms with van der Waals surface area (Å²) in [7, 11) is -2.44. The van der Waals surface area contributed by atoms with Gasteiger partial charge in [0.05, 0.1) is 12.0 Å². The molecular weight excluding hydrogens is 338 g/mol. The Morgan fingerprint density at radius 3 is 2.28 bits per heavy atom. The SMILES string of the molecule is COC(=O)C1CCCCN1S(=O)(=O)c1ccc(-c2ccccc2)cc1. The van der Waals surface area contributed by atoms with E-state index in [1.807, 2.05) is 30.3 Å². The lowest BCUT2D eigenvalue weighted by molar-refractivity contribution is -0.146. The fourth-order valence-electron chi connectivity index (χ4n) is 3.15. The number of rotatable bonds is 4. The third-order valence-electron chi connectivity index (χ3n) is 4.49. The van der Waals surface area contributed by atoms with E-state index in [0.717, 1.165) is 24.0 Å². The molecule has 0 aliphatic carbocycles. The van der Waals surface area contributed by atoms with Gasteiger partial charge in [0.2, 0.25) is 10.0 Å². The Balaban J connectivity index is 1.90. The smallest absolute Gasteiger partial charge is 0.324 e. The average molecular weight is 359 g/mol. The van der Waals surface area contributed by atoms with Crippen LogP contribution in [0.15, 0.2) is 59.5 Å². The fraction of sp³-hybridized carbons (Fsp3) is 0.316. The largest absolute Gasteiger partial charge is 0.468 e. The van der Waals surface area contributed by atoms with E-state index in [1.165, 1.54) is 11.4 Å². The van der Waals surface area contributed by atoms with Gasteiger partial charge in [0.15, 0.2) is 0 Å². The first-order valence-electron chi connectivity index (χ1n) is 8.29. The van der Waals surface area contributed by atoms with Crippen molar-refractivity contribution >= 4 is 16.0 Å². The zero-order valence-corrected chi connectivity index (χ0v) is 14.9. The van der Waals surface area contributed by atoms with Crippen LogP contribution in [-0.2, 0) is 19.6 Å². The lowest BCUT2D eigenvalue weighted by atomic mass is 10.1. The van der Waals surface area contributed by atoms with Crippen LogP contribution in [0.1, 0.15) is 19.3 Å². The van der Waals surface area contributed by atoms with Crippen LogP contribution in [-0.4, -0.2) is 38.4 Å². The van der Waals surface area contributed by atoms with Gasteiger partial charge in [0.25, 0.3) is 0 Å². The number of esters is 1. The third-order valence-corrected chi connectivity index (χ3v) is 6.42. The van der Waals surface area contributed by atoms with E-state index in [1.54, 1.807) is 24.3 Å². The van der Waals surface area contributed by atoms with E-state index in [2.05, 4.69) is 0 Å². The highest BCUT2D eigenvalue weighted by molar-refractivity contribution is 7.89. The number of hydrogen-bond donors (Lipinski definition) is 0. The number of carbonyl (C=O) groups is 1. The maximum Gasteiger partial charge on any atom is 0.324 e. The van der Waals surface area contributed by atoms with Crippen molar-refractivity contribution in [1.82, 2.24) is 4.31 Å². The number of benzene rings is 2. The van der Waals surface area contributed by atoms with E-state index in [0.29, 0.717) is 13.0 Å². The molecule has 2 aromatic carbocycles. The molecule has 1 atom stereocenters. The Hall–Kier alpha value is -2.18. The lowest BCUT2D eigenvalue weighted by Gasteiger charge is -2.32. The molecule has 1 fully saturated rings. The highest BCUT2D eigenvalue weighted by Crippen LogP contribution is 2.28. The monoisotopic (exact) mass is 359 g/mol. The molecule has 0 saturated carbocycles. The minimum Gasteiger partial charge on any atom is -0.468 e. The van der Waals surface area contributed by atoms with Crippen molar-refractivity contribution in [3.63, 3.8) is 0 Å². The van der Waals surface area contributed by atoms with Gasteiger partial charge in [-0.3, -0.25) is 4.79 Å². The predicted molar refractivity (Wildman–Crippen MR) is 95.4 cm³/mol. The lowest BCUT2D eigenvalue weighted by Crippen LogP contribution is -2.48. The first-order valence-corrected chi connectivity index (χ1v) is 9.73. The highest BCUT2D eigenvalue weighted by Gasteiger charge is 2.38. The molecule has 0 aromatic heterocycles. The molecule has 0 amide bonds. The standard InChI is InChI=1S/C19H21NO4S/c1-24-19(21)18-9-5-6-14-20(18)25(22,23)17-12-10-16(11-13-17)15-7-3-2-4-8-15/h2-4,7-8,10-13,18H,5-6,9,14H2,1H3. The van der Waals surface area contributed by atoms with Gasteiger partial charge in [-0.05, 0) is 42.5 Å². The molecule has 1 unspecified atom stereocenters. The summed E-state index contributed by atoms with van der Waals surface area (Å²) in [4.78, 5) is 12.2. The average Bonchev–Trinajstić information content (AvgIpc) is 2.68. The number of carbonyl (C=O) groups excluding carboxylic acids is 1. The summed E-state index contributed by atoms with van der Waals surface area (Å²) in [6.07, 6.45) is 2.06. The topological polar surface area (TPSA) is 63.7 Å². The van der Waals surface area contributed by atoms with Crippen molar-refractivity contribution in [3.05, 3.63) is 54.6 Å². The van der Waals surface area contributed by atoms with E-state index in [4.69, 9.17) is 4.74 Å². The minimum atomic E-state index is -3.73. The van der Waals surface area contributed by atoms with Crippen LogP contribution in [0.2, 0.25) is 0 Å². The van der Waals surface area contributed by atoms with E-state index in [-0.39, 0.29) is 4.90 Å². The summed E-state index contributed by atoms with van der Waals surface area (Å²) in [5.74, 6) is -0.496. The first kappa shape index (κ1) is 17.6. The predicted octanol–water partition coefficient (Wildman–Crippen LogP) is 3.07. The Bertz CT molecular complexity index is 831. The van der Waals surface area contributed by atoms with Gasteiger partial charge < -0.3 is 4.74 Å². The van der Waals surface area contributed by atoms with Gasteiger partial charge in [-0.1, -0.05) is 42.5 Å². The van der Waals surface area contributed by atoms with Crippen molar-refractivity contribution < 1.29 is 17.9 Å². The molecule has 3 rings (SSSR count). The Morgan fingerprint density at radius 2 is 1.64 bits per heavy atom. The maximum absolute atomic E-state index is 13.0. The molecule has 0 bridgehead atoms. The molecule has 1 heterocycles. The van der Waals surface area contributed by atoms with Crippen LogP contribution in [0.25, 0.3) is 11.1 Å². The van der Waals surface area contributed by atoms with Gasteiger partial charge in [0, 0.05) is 6.54 Å². The van der Waals surface area contributed by atoms with E-state index in [9.17, 15) is 13.2 Å². The molecule has 2 aromatic rings. The number of nitrogens with zero attached hydrogens (tertiary/aromatic N) is 1. The number of hydrogen-bond acceptors (Lipinski definition) is 4. The van der Waals surface area contributed by atoms with Crippen LogP contribution < -0.4 is 0 Å². The van der Waals surface area contributed by atoms with Crippen LogP contribution in [0, 0.1) is 0 Å². The zero-order chi connectivity index (χ0) is 17.9. The first-order chi connectivity index (χ1) is 12.0. The molecule has 1 saturated heterocycles. The molecular formula is C19H21NO4S. The van der Waals surface area contributed by atoms with Crippen molar-refractivity contribution in [1.29, 1.82) is 0 Å². The molecule has 0 spiro atoms. The second-order valence-corrected chi connectivity index (χ2v) is 7.93. The normalized spacial score (nSPS) is 18.7. The Morgan fingerprint density at radius 1 is 1.00 bits per heavy atom. The number of methoxy groups -OCH3 is 1. The van der Waals surface area contributed by atoms with Crippen LogP contribution in [0.4, 0.5) is 0 Å². The number of piperidine rings is 1. The van der Waals surface area contributed by atoms with Crippen molar-refractivity contribution in [2.75, 3.05) is 13.7 Å². The molecule has 6 heteroatoms. The van der Waals surface area contributed by atoms with Crippen molar-refractivity contribution in [3.8, 4) is 11.1 Å². The highest BCUT2D eigenvalue weighted by atomic mass is 32.2. The second kappa shape index (κ2) is 7.37. The van der Waals surface area contributed by atoms with Crippen molar-refractivity contribution in [2.24, 2.45) is 0 Å². The van der Waals surface area contributed by atoms with Gasteiger partial charge >= 0.3 is 5.97 Å². The summed E-state index contributed by atoms with van der Waals surface area (Å²) >= 11 is 0. The summed E-state index contributed by atoms with van der Waals surface area (Å²) in [6.45, 7) is 0.336. The Kier molecular flexibility index (Phi) is 5.20. The van der Waals surface area contributed by atoms with Gasteiger partial charge in [0.1, 0.15) is 6.04 Å². The van der Waals surface area contributed by atoms with Gasteiger partial charge in [-0.15, -0.1) is 0 Å². The number of ether oxygens (including phenoxy) is 1. The second-order valence-electron chi connectivity index (χ2n) is 6.04. The fourth-order valence-corrected chi connectivity index (χ4v) is 4.80. The Labute approximate surface area is 148 Å². The van der Waals surface area contributed by atoms with Gasteiger partial charge in [-0.25, -0.2) is 8.42 Å². The summed E-state index contributed by atoms with van der Waals surface area (Å²) in [6, 6.07) is 15.8. The molecule has 5 nitrogen and oxygen atoms in total. The van der Waals surface area contributed by atoms with Gasteiger partial charge in [-0.2, -0.15) is 4.31 Å². The summed E-state index contributed by atoms with van der Waals surface area (Å²) in [5, 5.41) is 0. The van der Waals surface area contributed by atoms with Crippen LogP contribution in [0.5, 0.6) is 0 Å². The summed E-state index contributed by atoms with van der Waals surface area (Å²) < 4.78 is 32.0. The van der Waals surface area contributed by atoms with E-state index >= 15 is 0 Å².